The van der Waals surface area contributed by atoms with Gasteiger partial charge in [0.05, 0.1) is 35.5 Å². The Labute approximate surface area is 657 Å². The summed E-state index contributed by atoms with van der Waals surface area (Å²) in [7, 11) is -5.89. The van der Waals surface area contributed by atoms with E-state index in [1.807, 2.05) is 37.2 Å². The molecule has 7 N–H and O–H groups in total. The summed E-state index contributed by atoms with van der Waals surface area (Å²) in [4.78, 5) is 58.0. The van der Waals surface area contributed by atoms with Gasteiger partial charge in [-0.2, -0.15) is 0 Å². The first kappa shape index (κ1) is 82.4. The molecule has 0 radical (unpaired) electrons. The van der Waals surface area contributed by atoms with Crippen LogP contribution >= 0.6 is 46.4 Å². The van der Waals surface area contributed by atoms with Gasteiger partial charge in [0.25, 0.3) is 23.6 Å². The van der Waals surface area contributed by atoms with Crippen LogP contribution in [-0.2, 0) is 38.1 Å². The van der Waals surface area contributed by atoms with Crippen LogP contribution < -0.4 is 51.3 Å². The van der Waals surface area contributed by atoms with Gasteiger partial charge in [-0.15, -0.1) is 0 Å². The highest BCUT2D eigenvalue weighted by Crippen LogP contribution is 2.36. The maximum atomic E-state index is 12.9. The fourth-order valence-corrected chi connectivity index (χ4v) is 17.6. The molecule has 0 aliphatic carbocycles. The molecule has 109 heavy (non-hydrogen) atoms. The lowest BCUT2D eigenvalue weighted by molar-refractivity contribution is 0.101. The number of halogens is 4. The van der Waals surface area contributed by atoms with Gasteiger partial charge in [-0.05, 0) is 246 Å². The Morgan fingerprint density at radius 1 is 0.440 bits per heavy atom. The normalized spacial score (nSPS) is 18.6. The minimum Gasteiger partial charge on any atom is -0.493 e. The van der Waals surface area contributed by atoms with Crippen LogP contribution in [0.5, 0.6) is 23.0 Å². The van der Waals surface area contributed by atoms with Crippen molar-refractivity contribution >= 4 is 179 Å². The second-order valence-electron chi connectivity index (χ2n) is 25.8. The van der Waals surface area contributed by atoms with Gasteiger partial charge >= 0.3 is 0 Å². The van der Waals surface area contributed by atoms with Crippen LogP contribution in [-0.4, -0.2) is 160 Å². The van der Waals surface area contributed by atoms with Crippen molar-refractivity contribution in [1.29, 1.82) is 0 Å². The number of fused-ring (bicyclic) bond motifs is 4. The number of hydrogen-bond donors (Lipinski definition) is 6. The zero-order valence-electron chi connectivity index (χ0n) is 60.2. The third kappa shape index (κ3) is 22.1. The average molecular weight is 1630 g/mol. The number of carbonyl (C=O) groups excluding carboxylic acids is 4. The molecule has 4 amide bonds. The summed E-state index contributed by atoms with van der Waals surface area (Å²) in [6.07, 6.45) is 9.71. The zero-order valence-corrected chi connectivity index (χ0v) is 66.5. The van der Waals surface area contributed by atoms with E-state index >= 15 is 0 Å². The molecule has 5 heterocycles. The van der Waals surface area contributed by atoms with Crippen LogP contribution in [0.2, 0.25) is 20.1 Å². The van der Waals surface area contributed by atoms with Gasteiger partial charge in [0, 0.05) is 140 Å². The van der Waals surface area contributed by atoms with E-state index in [-0.39, 0.29) is 23.6 Å². The van der Waals surface area contributed by atoms with Crippen molar-refractivity contribution in [3.63, 3.8) is 0 Å². The molecule has 8 aromatic rings. The number of nitrogens with two attached hydrogens (primary N) is 1. The maximum Gasteiger partial charge on any atom is 0.259 e. The number of rotatable bonds is 24. The van der Waals surface area contributed by atoms with E-state index in [2.05, 4.69) is 61.9 Å². The van der Waals surface area contributed by atoms with Crippen LogP contribution in [0, 0.1) is 0 Å². The lowest BCUT2D eigenvalue weighted by atomic mass is 10.1. The predicted molar refractivity (Wildman–Crippen MR) is 452 cm³/mol. The summed E-state index contributed by atoms with van der Waals surface area (Å²) < 4.78 is 72.8. The standard InChI is InChI=1S/C22H24ClN3O3S.C20H21ClN2O3S.C20H20ClNO3S.C19H19ClN2O3S/c1-30(28)13-6-16-2-4-18(15-21(16)30)25-22(27)19-14-17(23)3-5-20(19)29-12-11-26-9-7-24-8-10-26;1-23(2)9-10-26-18-7-5-15(21)12-17(18)20(24)22-16-6-4-14-8-11-27(3,25)19(14)13-16;1-3-4-10-25-18-8-6-15(21)12-17(18)20(23)22-16-7-5-14-9-11-26(2,24)19(14)13-16;1-26(24)10-7-13-3-5-15(12-18(13)26)22-19(23)16-11-14(20)4-6-17(16)25-9-2-8-21/h2-6,13-15,24H,1,7-12H2,(H,25,27);4-8,11-13H,3,9-10H2,1-2H3,(H,22,24);5-9,11-13H,2-4,10H2,1H3,(H,22,23);3-7,10-12H,1-2,8-9,21H2,(H,22,23). The van der Waals surface area contributed by atoms with Crippen LogP contribution in [0.3, 0.4) is 0 Å². The van der Waals surface area contributed by atoms with Crippen molar-refractivity contribution in [1.82, 2.24) is 15.1 Å². The molecule has 1 saturated heterocycles. The number of likely N-dealkylation sites (N-methyl/N-ethyl adjacent to an activating group) is 1. The van der Waals surface area contributed by atoms with Crippen molar-refractivity contribution in [2.45, 2.75) is 45.8 Å². The van der Waals surface area contributed by atoms with Gasteiger partial charge in [0.15, 0.2) is 0 Å². The quantitative estimate of drug-likeness (QED) is 0.0242. The molecule has 0 bridgehead atoms. The number of benzene rings is 8. The molecule has 8 aromatic carbocycles. The van der Waals surface area contributed by atoms with Crippen LogP contribution in [0.1, 0.15) is 89.9 Å². The van der Waals surface area contributed by atoms with Gasteiger partial charge in [-0.3, -0.25) is 40.9 Å². The molecular formula is C81H84Cl4N8O12S4. The lowest BCUT2D eigenvalue weighted by Gasteiger charge is -2.27. The third-order valence-corrected chi connectivity index (χ3v) is 24.9. The number of amides is 4. The van der Waals surface area contributed by atoms with E-state index in [9.17, 15) is 36.0 Å². The molecule has 20 nitrogen and oxygen atoms in total. The first-order valence-electron chi connectivity index (χ1n) is 34.5. The number of anilines is 4. The minimum atomic E-state index is -2.45. The van der Waals surface area contributed by atoms with E-state index < -0.39 is 38.1 Å². The fraction of sp³-hybridized carbons (Fsp3) is 0.210. The largest absolute Gasteiger partial charge is 0.493 e. The molecule has 5 aliphatic heterocycles. The topological polar surface area (TPSA) is 266 Å². The van der Waals surface area contributed by atoms with Gasteiger partial charge in [-0.1, -0.05) is 84.0 Å². The highest BCUT2D eigenvalue weighted by Gasteiger charge is 2.25. The van der Waals surface area contributed by atoms with Crippen LogP contribution in [0.25, 0.3) is 24.3 Å². The second kappa shape index (κ2) is 37.1. The third-order valence-electron chi connectivity index (χ3n) is 17.2. The maximum absolute atomic E-state index is 12.9. The number of nitrogens with one attached hydrogen (secondary N) is 5. The van der Waals surface area contributed by atoms with Crippen LogP contribution in [0.4, 0.5) is 22.7 Å². The molecular weight excluding hydrogens is 1550 g/mol. The highest BCUT2D eigenvalue weighted by molar-refractivity contribution is 8.04. The number of piperazine rings is 1. The number of nitrogens with zero attached hydrogens (tertiary/aromatic N) is 2. The molecule has 28 heteroatoms. The highest BCUT2D eigenvalue weighted by atomic mass is 35.5. The monoisotopic (exact) mass is 1630 g/mol. The van der Waals surface area contributed by atoms with E-state index in [0.717, 1.165) is 74.4 Å². The molecule has 4 atom stereocenters. The van der Waals surface area contributed by atoms with E-state index in [1.54, 1.807) is 173 Å². The first-order valence-corrected chi connectivity index (χ1v) is 43.2. The Hall–Kier alpha value is -9.12. The predicted octanol–water partition coefficient (Wildman–Crippen LogP) is 14.7. The summed E-state index contributed by atoms with van der Waals surface area (Å²) in [5.41, 5.74) is 12.4. The van der Waals surface area contributed by atoms with E-state index in [4.69, 9.17) is 71.1 Å². The molecule has 4 unspecified atom stereocenters. The number of carbonyl (C=O) groups is 4. The van der Waals surface area contributed by atoms with Crippen molar-refractivity contribution < 1.29 is 55.0 Å². The number of ether oxygens (including phenoxy) is 4. The minimum absolute atomic E-state index is 0.323. The molecule has 13 rings (SSSR count). The number of hydrogen-bond acceptors (Lipinski definition) is 16. The lowest BCUT2D eigenvalue weighted by Crippen LogP contribution is -2.44. The van der Waals surface area contributed by atoms with Crippen molar-refractivity contribution in [3.8, 4) is 23.0 Å². The van der Waals surface area contributed by atoms with Gasteiger partial charge < -0.3 is 56.2 Å². The van der Waals surface area contributed by atoms with Crippen molar-refractivity contribution in [2.24, 2.45) is 5.73 Å². The van der Waals surface area contributed by atoms with Gasteiger partial charge in [0.1, 0.15) is 36.2 Å². The molecule has 0 aromatic heterocycles. The SMILES string of the molecule is C=S1(=O)C=Cc2ccc(NC(=O)c3cc(Cl)ccc3OCCCC)cc21.C=S1(=O)C=Cc2ccc(NC(=O)c3cc(Cl)ccc3OCCCN)cc21.C=S1(=O)C=Cc2ccc(NC(=O)c3cc(Cl)ccc3OCCN(C)C)cc21.C=S1(=O)C=Cc2ccc(NC(=O)c3cc(Cl)ccc3OCCN3CCNCC3)cc21. The van der Waals surface area contributed by atoms with Gasteiger partial charge in [-0.25, -0.2) is 0 Å². The van der Waals surface area contributed by atoms with E-state index in [1.165, 1.54) is 0 Å². The Kier molecular flexibility index (Phi) is 28.0. The Balaban J connectivity index is 0.000000155. The Morgan fingerprint density at radius 2 is 0.734 bits per heavy atom. The van der Waals surface area contributed by atoms with Crippen molar-refractivity contribution in [3.05, 3.63) is 232 Å². The Bertz CT molecular complexity index is 5230. The Morgan fingerprint density at radius 3 is 1.03 bits per heavy atom. The summed E-state index contributed by atoms with van der Waals surface area (Å²) in [6.45, 7) is 9.89. The molecule has 1 fully saturated rings. The summed E-state index contributed by atoms with van der Waals surface area (Å²) >= 11 is 24.3. The first-order chi connectivity index (χ1) is 52.0. The number of unbranched alkanes of at least 4 members (excludes halogenated alkanes) is 1. The molecule has 572 valence electrons. The molecule has 0 spiro atoms. The van der Waals surface area contributed by atoms with Crippen molar-refractivity contribution in [2.75, 3.05) is 108 Å². The van der Waals surface area contributed by atoms with Gasteiger partial charge in [0.2, 0.25) is 0 Å². The van der Waals surface area contributed by atoms with Crippen LogP contribution in [0.15, 0.2) is 187 Å². The smallest absolute Gasteiger partial charge is 0.259 e. The zero-order chi connectivity index (χ0) is 78.2. The molecule has 5 aliphatic rings. The fourth-order valence-electron chi connectivity index (χ4n) is 11.4. The second-order valence-corrected chi connectivity index (χ2v) is 36.2. The van der Waals surface area contributed by atoms with E-state index in [0.29, 0.717) is 147 Å². The average Bonchev–Trinajstić information content (AvgIpc) is 1.69. The summed E-state index contributed by atoms with van der Waals surface area (Å²) in [6, 6.07) is 40.9. The molecule has 0 saturated carbocycles. The summed E-state index contributed by atoms with van der Waals surface area (Å²) in [5, 5.41) is 22.8. The summed E-state index contributed by atoms with van der Waals surface area (Å²) in [5.74, 6) is 15.5.